The molecule has 0 spiro atoms. The van der Waals surface area contributed by atoms with Gasteiger partial charge in [0.25, 0.3) is 0 Å². The van der Waals surface area contributed by atoms with Crippen molar-refractivity contribution < 1.29 is 46.0 Å². The van der Waals surface area contributed by atoms with Gasteiger partial charge < -0.3 is 46.0 Å². The van der Waals surface area contributed by atoms with Crippen LogP contribution in [0.5, 0.6) is 51.7 Å². The van der Waals surface area contributed by atoms with Crippen molar-refractivity contribution in [1.29, 1.82) is 0 Å². The van der Waals surface area contributed by atoms with Gasteiger partial charge in [0, 0.05) is 16.3 Å². The molecule has 0 amide bonds. The zero-order valence-electron chi connectivity index (χ0n) is 17.7. The molecule has 0 saturated carbocycles. The van der Waals surface area contributed by atoms with Crippen LogP contribution in [0.1, 0.15) is 0 Å². The van der Waals surface area contributed by atoms with Gasteiger partial charge in [-0.1, -0.05) is 54.6 Å². The summed E-state index contributed by atoms with van der Waals surface area (Å²) in [6.07, 6.45) is 0. The van der Waals surface area contributed by atoms with Crippen LogP contribution in [0.25, 0.3) is 43.8 Å². The number of rotatable bonds is 2. The Balaban J connectivity index is 2.00. The molecule has 0 aliphatic rings. The molecular weight excluding hydrogens is 456 g/mol. The molecule has 0 bridgehead atoms. The van der Waals surface area contributed by atoms with Crippen LogP contribution < -0.4 is 0 Å². The standard InChI is InChI=1S/C26H18O9/c27-18-16-14(19(28)23(32)25(34)21(16)30)13(15-17(18)22(31)26(35)24(33)20(15)29)12-8-6-11(7-9-12)10-4-2-1-3-5-10/h1-9,27-35H. The second kappa shape index (κ2) is 7.42. The monoisotopic (exact) mass is 474 g/mol. The molecule has 9 N–H and O–H groups in total. The molecule has 5 rings (SSSR count). The lowest BCUT2D eigenvalue weighted by Gasteiger charge is -2.20. The van der Waals surface area contributed by atoms with E-state index in [1.807, 2.05) is 30.3 Å². The average molecular weight is 474 g/mol. The van der Waals surface area contributed by atoms with Crippen LogP contribution >= 0.6 is 0 Å². The molecule has 0 fully saturated rings. The lowest BCUT2D eigenvalue weighted by molar-refractivity contribution is 0.348. The van der Waals surface area contributed by atoms with E-state index in [0.717, 1.165) is 11.1 Å². The Hall–Kier alpha value is -5.18. The van der Waals surface area contributed by atoms with E-state index in [4.69, 9.17) is 0 Å². The van der Waals surface area contributed by atoms with Crippen LogP contribution in [-0.4, -0.2) is 46.0 Å². The van der Waals surface area contributed by atoms with E-state index in [2.05, 4.69) is 0 Å². The Morgan fingerprint density at radius 1 is 0.286 bits per heavy atom. The largest absolute Gasteiger partial charge is 0.506 e. The topological polar surface area (TPSA) is 182 Å². The molecule has 176 valence electrons. The summed E-state index contributed by atoms with van der Waals surface area (Å²) in [4.78, 5) is 0. The number of phenols is 9. The molecular formula is C26H18O9. The minimum atomic E-state index is -1.14. The van der Waals surface area contributed by atoms with Crippen molar-refractivity contribution in [2.75, 3.05) is 0 Å². The first-order valence-corrected chi connectivity index (χ1v) is 10.2. The first-order valence-electron chi connectivity index (χ1n) is 10.2. The molecule has 9 nitrogen and oxygen atoms in total. The van der Waals surface area contributed by atoms with Gasteiger partial charge in [0.05, 0.1) is 10.8 Å². The molecule has 0 radical (unpaired) electrons. The lowest BCUT2D eigenvalue weighted by Crippen LogP contribution is -1.91. The van der Waals surface area contributed by atoms with Gasteiger partial charge >= 0.3 is 0 Å². The van der Waals surface area contributed by atoms with Crippen molar-refractivity contribution >= 4 is 21.5 Å². The van der Waals surface area contributed by atoms with Crippen LogP contribution in [0.2, 0.25) is 0 Å². The molecule has 0 aliphatic carbocycles. The minimum Gasteiger partial charge on any atom is -0.506 e. The van der Waals surface area contributed by atoms with Crippen molar-refractivity contribution in [3.63, 3.8) is 0 Å². The summed E-state index contributed by atoms with van der Waals surface area (Å²) in [6.45, 7) is 0. The summed E-state index contributed by atoms with van der Waals surface area (Å²) >= 11 is 0. The quantitative estimate of drug-likeness (QED) is 0.0996. The number of aromatic hydroxyl groups is 9. The van der Waals surface area contributed by atoms with Gasteiger partial charge in [0.1, 0.15) is 5.75 Å². The third kappa shape index (κ3) is 2.88. The fourth-order valence-corrected chi connectivity index (χ4v) is 4.34. The van der Waals surface area contributed by atoms with Crippen LogP contribution in [0.3, 0.4) is 0 Å². The zero-order chi connectivity index (χ0) is 25.2. The summed E-state index contributed by atoms with van der Waals surface area (Å²) in [7, 11) is 0. The van der Waals surface area contributed by atoms with Gasteiger partial charge in [-0.05, 0) is 16.7 Å². The number of fused-ring (bicyclic) bond motifs is 2. The third-order valence-electron chi connectivity index (χ3n) is 6.05. The molecule has 0 aliphatic heterocycles. The number of phenolic OH excluding ortho intramolecular Hbond substituents is 9. The van der Waals surface area contributed by atoms with Gasteiger partial charge in [-0.15, -0.1) is 0 Å². The molecule has 0 atom stereocenters. The Kier molecular flexibility index (Phi) is 4.59. The normalized spacial score (nSPS) is 11.3. The lowest BCUT2D eigenvalue weighted by atomic mass is 9.88. The number of benzene rings is 5. The SMILES string of the molecule is Oc1c(O)c(O)c2c(-c3ccc(-c4ccccc4)cc3)c3c(O)c(O)c(O)c(O)c3c(O)c2c1O. The van der Waals surface area contributed by atoms with E-state index in [9.17, 15) is 46.0 Å². The fraction of sp³-hybridized carbons (Fsp3) is 0. The number of hydrogen-bond donors (Lipinski definition) is 9. The highest BCUT2D eigenvalue weighted by atomic mass is 16.4. The van der Waals surface area contributed by atoms with Crippen molar-refractivity contribution in [3.8, 4) is 74.0 Å². The van der Waals surface area contributed by atoms with E-state index >= 15 is 0 Å². The minimum absolute atomic E-state index is 0.126. The van der Waals surface area contributed by atoms with Gasteiger partial charge in [0.15, 0.2) is 23.0 Å². The van der Waals surface area contributed by atoms with Gasteiger partial charge in [-0.3, -0.25) is 0 Å². The van der Waals surface area contributed by atoms with Crippen LogP contribution in [0.4, 0.5) is 0 Å². The maximum absolute atomic E-state index is 10.9. The van der Waals surface area contributed by atoms with Crippen molar-refractivity contribution in [2.24, 2.45) is 0 Å². The summed E-state index contributed by atoms with van der Waals surface area (Å²) in [6, 6.07) is 15.9. The Labute approximate surface area is 196 Å². The van der Waals surface area contributed by atoms with Crippen LogP contribution in [0, 0.1) is 0 Å². The summed E-state index contributed by atoms with van der Waals surface area (Å²) < 4.78 is 0. The average Bonchev–Trinajstić information content (AvgIpc) is 2.88. The van der Waals surface area contributed by atoms with E-state index < -0.39 is 73.3 Å². The first kappa shape index (κ1) is 21.7. The molecule has 0 saturated heterocycles. The summed E-state index contributed by atoms with van der Waals surface area (Å²) in [5.74, 6) is -9.34. The highest BCUT2D eigenvalue weighted by molar-refractivity contribution is 6.25. The molecule has 5 aromatic rings. The van der Waals surface area contributed by atoms with E-state index in [0.29, 0.717) is 0 Å². The predicted octanol–water partition coefficient (Wildman–Crippen LogP) is 4.68. The Morgan fingerprint density at radius 2 is 0.629 bits per heavy atom. The molecule has 0 heterocycles. The molecule has 0 aromatic heterocycles. The van der Waals surface area contributed by atoms with Crippen LogP contribution in [0.15, 0.2) is 54.6 Å². The van der Waals surface area contributed by atoms with Gasteiger partial charge in [-0.25, -0.2) is 0 Å². The summed E-state index contributed by atoms with van der Waals surface area (Å²) in [5, 5.41) is 91.9. The second-order valence-electron chi connectivity index (χ2n) is 7.96. The van der Waals surface area contributed by atoms with Gasteiger partial charge in [0.2, 0.25) is 23.0 Å². The third-order valence-corrected chi connectivity index (χ3v) is 6.05. The maximum Gasteiger partial charge on any atom is 0.205 e. The zero-order valence-corrected chi connectivity index (χ0v) is 17.7. The second-order valence-corrected chi connectivity index (χ2v) is 7.96. The van der Waals surface area contributed by atoms with Crippen LogP contribution in [-0.2, 0) is 0 Å². The molecule has 9 heteroatoms. The Bertz CT molecular complexity index is 1580. The maximum atomic E-state index is 10.9. The van der Waals surface area contributed by atoms with Gasteiger partial charge in [-0.2, -0.15) is 0 Å². The number of hydrogen-bond acceptors (Lipinski definition) is 9. The fourth-order valence-electron chi connectivity index (χ4n) is 4.34. The highest BCUT2D eigenvalue weighted by Crippen LogP contribution is 2.61. The predicted molar refractivity (Wildman–Crippen MR) is 127 cm³/mol. The van der Waals surface area contributed by atoms with E-state index in [-0.39, 0.29) is 11.1 Å². The molecule has 35 heavy (non-hydrogen) atoms. The molecule has 0 unspecified atom stereocenters. The molecule has 5 aromatic carbocycles. The summed E-state index contributed by atoms with van der Waals surface area (Å²) in [5.41, 5.74) is 1.84. The first-order chi connectivity index (χ1) is 16.6. The Morgan fingerprint density at radius 3 is 1.06 bits per heavy atom. The van der Waals surface area contributed by atoms with E-state index in [1.54, 1.807) is 24.3 Å². The van der Waals surface area contributed by atoms with Crippen molar-refractivity contribution in [3.05, 3.63) is 54.6 Å². The smallest absolute Gasteiger partial charge is 0.205 e. The van der Waals surface area contributed by atoms with E-state index in [1.165, 1.54) is 0 Å². The van der Waals surface area contributed by atoms with Crippen molar-refractivity contribution in [1.82, 2.24) is 0 Å². The highest BCUT2D eigenvalue weighted by Gasteiger charge is 2.31. The van der Waals surface area contributed by atoms with Crippen molar-refractivity contribution in [2.45, 2.75) is 0 Å².